The number of rotatable bonds is 7. The van der Waals surface area contributed by atoms with Crippen molar-refractivity contribution >= 4 is 17.1 Å². The molecule has 1 aliphatic carbocycles. The predicted octanol–water partition coefficient (Wildman–Crippen LogP) is 12.9. The van der Waals surface area contributed by atoms with Gasteiger partial charge in [0.15, 0.2) is 0 Å². The highest BCUT2D eigenvalue weighted by Crippen LogP contribution is 2.50. The first-order chi connectivity index (χ1) is 25.5. The molecule has 7 aromatic carbocycles. The fourth-order valence-electron chi connectivity index (χ4n) is 7.63. The molecule has 0 unspecified atom stereocenters. The Hall–Kier alpha value is -6.58. The van der Waals surface area contributed by atoms with Gasteiger partial charge in [0, 0.05) is 33.6 Å². The van der Waals surface area contributed by atoms with Gasteiger partial charge >= 0.3 is 0 Å². The number of nitrogens with zero attached hydrogens (tertiary/aromatic N) is 3. The van der Waals surface area contributed by atoms with E-state index in [-0.39, 0.29) is 5.41 Å². The monoisotopic (exact) mass is 667 g/mol. The van der Waals surface area contributed by atoms with Crippen LogP contribution in [-0.2, 0) is 5.41 Å². The van der Waals surface area contributed by atoms with Crippen LogP contribution in [0.2, 0.25) is 0 Å². The first-order valence-corrected chi connectivity index (χ1v) is 17.8. The summed E-state index contributed by atoms with van der Waals surface area (Å²) in [7, 11) is 0. The van der Waals surface area contributed by atoms with Crippen molar-refractivity contribution in [1.82, 2.24) is 9.97 Å². The standard InChI is InChI=1S/C49H37N3/c1-49(2)45-16-10-9-15-43(45)44-30-29-42(31-46(44)49)52(40-25-21-37(22-26-40)35-13-7-4-8-14-35)41-27-23-39(24-28-41)48-32-47(50-33-51-48)38-19-17-36(18-20-38)34-11-5-3-6-12-34/h3-33H,1-2H3. The van der Waals surface area contributed by atoms with Gasteiger partial charge in [-0.2, -0.15) is 0 Å². The zero-order chi connectivity index (χ0) is 35.1. The van der Waals surface area contributed by atoms with Crippen LogP contribution in [0.3, 0.4) is 0 Å². The van der Waals surface area contributed by atoms with Crippen molar-refractivity contribution in [1.29, 1.82) is 0 Å². The van der Waals surface area contributed by atoms with Crippen LogP contribution in [0.5, 0.6) is 0 Å². The molecule has 1 aliphatic rings. The van der Waals surface area contributed by atoms with E-state index in [4.69, 9.17) is 0 Å². The Bertz CT molecular complexity index is 2500. The number of benzene rings is 7. The smallest absolute Gasteiger partial charge is 0.116 e. The highest BCUT2D eigenvalue weighted by atomic mass is 15.1. The lowest BCUT2D eigenvalue weighted by molar-refractivity contribution is 0.660. The molecule has 0 bridgehead atoms. The zero-order valence-corrected chi connectivity index (χ0v) is 29.2. The first-order valence-electron chi connectivity index (χ1n) is 17.8. The van der Waals surface area contributed by atoms with Crippen molar-refractivity contribution in [2.45, 2.75) is 19.3 Å². The molecule has 0 N–H and O–H groups in total. The van der Waals surface area contributed by atoms with Crippen LogP contribution < -0.4 is 4.90 Å². The summed E-state index contributed by atoms with van der Waals surface area (Å²) in [6, 6.07) is 65.0. The number of fused-ring (bicyclic) bond motifs is 3. The highest BCUT2D eigenvalue weighted by molar-refractivity contribution is 5.86. The Morgan fingerprint density at radius 3 is 1.37 bits per heavy atom. The minimum absolute atomic E-state index is 0.0960. The summed E-state index contributed by atoms with van der Waals surface area (Å²) >= 11 is 0. The minimum atomic E-state index is -0.0960. The van der Waals surface area contributed by atoms with E-state index in [0.717, 1.165) is 39.6 Å². The topological polar surface area (TPSA) is 29.0 Å². The SMILES string of the molecule is CC1(C)c2ccccc2-c2ccc(N(c3ccc(-c4ccccc4)cc3)c3ccc(-c4cc(-c5ccc(-c6ccccc6)cc5)ncn4)cc3)cc21. The zero-order valence-electron chi connectivity index (χ0n) is 29.2. The number of anilines is 3. The molecule has 0 saturated heterocycles. The van der Waals surface area contributed by atoms with Crippen LogP contribution in [-0.4, -0.2) is 9.97 Å². The second-order valence-electron chi connectivity index (χ2n) is 13.9. The lowest BCUT2D eigenvalue weighted by atomic mass is 9.82. The van der Waals surface area contributed by atoms with Gasteiger partial charge in [-0.1, -0.05) is 153 Å². The first kappa shape index (κ1) is 31.4. The summed E-state index contributed by atoms with van der Waals surface area (Å²) in [5.74, 6) is 0. The Morgan fingerprint density at radius 1 is 0.365 bits per heavy atom. The molecule has 248 valence electrons. The Balaban J connectivity index is 1.07. The van der Waals surface area contributed by atoms with Crippen molar-refractivity contribution in [3.8, 4) is 55.9 Å². The van der Waals surface area contributed by atoms with Gasteiger partial charge in [-0.3, -0.25) is 0 Å². The van der Waals surface area contributed by atoms with Gasteiger partial charge in [-0.15, -0.1) is 0 Å². The molecule has 3 nitrogen and oxygen atoms in total. The van der Waals surface area contributed by atoms with Crippen LogP contribution >= 0.6 is 0 Å². The molecular weight excluding hydrogens is 631 g/mol. The van der Waals surface area contributed by atoms with Crippen LogP contribution in [0, 0.1) is 0 Å². The molecular formula is C49H37N3. The van der Waals surface area contributed by atoms with Crippen molar-refractivity contribution in [2.24, 2.45) is 0 Å². The number of hydrogen-bond acceptors (Lipinski definition) is 3. The maximum Gasteiger partial charge on any atom is 0.116 e. The van der Waals surface area contributed by atoms with Crippen LogP contribution in [0.4, 0.5) is 17.1 Å². The molecule has 0 fully saturated rings. The predicted molar refractivity (Wildman–Crippen MR) is 216 cm³/mol. The average Bonchev–Trinajstić information content (AvgIpc) is 3.45. The normalized spacial score (nSPS) is 12.6. The molecule has 8 aromatic rings. The summed E-state index contributed by atoms with van der Waals surface area (Å²) in [5, 5.41) is 0. The Kier molecular flexibility index (Phi) is 7.82. The molecule has 0 saturated carbocycles. The number of hydrogen-bond donors (Lipinski definition) is 0. The van der Waals surface area contributed by atoms with E-state index < -0.39 is 0 Å². The molecule has 0 radical (unpaired) electrons. The Labute approximate surface area is 305 Å². The molecule has 0 atom stereocenters. The summed E-state index contributed by atoms with van der Waals surface area (Å²) in [4.78, 5) is 11.7. The van der Waals surface area contributed by atoms with E-state index in [1.165, 1.54) is 44.5 Å². The van der Waals surface area contributed by atoms with E-state index in [1.54, 1.807) is 6.33 Å². The Morgan fingerprint density at radius 2 is 0.788 bits per heavy atom. The quantitative estimate of drug-likeness (QED) is 0.169. The number of aromatic nitrogens is 2. The summed E-state index contributed by atoms with van der Waals surface area (Å²) < 4.78 is 0. The van der Waals surface area contributed by atoms with Crippen LogP contribution in [0.15, 0.2) is 188 Å². The van der Waals surface area contributed by atoms with Crippen molar-refractivity contribution in [2.75, 3.05) is 4.90 Å². The van der Waals surface area contributed by atoms with Crippen molar-refractivity contribution in [3.63, 3.8) is 0 Å². The van der Waals surface area contributed by atoms with Crippen LogP contribution in [0.25, 0.3) is 55.9 Å². The van der Waals surface area contributed by atoms with Gasteiger partial charge in [-0.05, 0) is 87.0 Å². The van der Waals surface area contributed by atoms with E-state index in [2.05, 4.69) is 205 Å². The van der Waals surface area contributed by atoms with Gasteiger partial charge < -0.3 is 4.90 Å². The van der Waals surface area contributed by atoms with Gasteiger partial charge in [0.05, 0.1) is 11.4 Å². The molecule has 1 heterocycles. The van der Waals surface area contributed by atoms with E-state index >= 15 is 0 Å². The lowest BCUT2D eigenvalue weighted by Gasteiger charge is -2.28. The molecule has 0 spiro atoms. The summed E-state index contributed by atoms with van der Waals surface area (Å²) in [6.45, 7) is 4.67. The lowest BCUT2D eigenvalue weighted by Crippen LogP contribution is -2.16. The largest absolute Gasteiger partial charge is 0.310 e. The van der Waals surface area contributed by atoms with Gasteiger partial charge in [0.2, 0.25) is 0 Å². The second kappa shape index (κ2) is 12.9. The molecule has 3 heteroatoms. The van der Waals surface area contributed by atoms with Crippen molar-refractivity contribution < 1.29 is 0 Å². The maximum absolute atomic E-state index is 4.68. The van der Waals surface area contributed by atoms with Gasteiger partial charge in [0.25, 0.3) is 0 Å². The third-order valence-corrected chi connectivity index (χ3v) is 10.4. The van der Waals surface area contributed by atoms with Gasteiger partial charge in [-0.25, -0.2) is 9.97 Å². The maximum atomic E-state index is 4.68. The molecule has 0 aliphatic heterocycles. The van der Waals surface area contributed by atoms with E-state index in [9.17, 15) is 0 Å². The second-order valence-corrected chi connectivity index (χ2v) is 13.9. The fraction of sp³-hybridized carbons (Fsp3) is 0.0612. The molecule has 52 heavy (non-hydrogen) atoms. The molecule has 0 amide bonds. The highest BCUT2D eigenvalue weighted by Gasteiger charge is 2.35. The fourth-order valence-corrected chi connectivity index (χ4v) is 7.63. The van der Waals surface area contributed by atoms with Crippen molar-refractivity contribution in [3.05, 3.63) is 199 Å². The van der Waals surface area contributed by atoms with E-state index in [0.29, 0.717) is 0 Å². The van der Waals surface area contributed by atoms with Crippen LogP contribution in [0.1, 0.15) is 25.0 Å². The minimum Gasteiger partial charge on any atom is -0.310 e. The average molecular weight is 668 g/mol. The molecule has 9 rings (SSSR count). The van der Waals surface area contributed by atoms with Gasteiger partial charge in [0.1, 0.15) is 6.33 Å². The van der Waals surface area contributed by atoms with E-state index in [1.807, 2.05) is 6.07 Å². The third-order valence-electron chi connectivity index (χ3n) is 10.4. The summed E-state index contributed by atoms with van der Waals surface area (Å²) in [5.41, 5.74) is 17.3. The summed E-state index contributed by atoms with van der Waals surface area (Å²) in [6.07, 6.45) is 1.66. The molecule has 1 aromatic heterocycles. The third kappa shape index (κ3) is 5.67.